The van der Waals surface area contributed by atoms with Crippen LogP contribution >= 0.6 is 0 Å². The topological polar surface area (TPSA) is 186 Å². The van der Waals surface area contributed by atoms with Crippen LogP contribution in [0.15, 0.2) is 134 Å². The number of β-amino-alcohol motifs (C(OH)–C–C–N with tert-alkyl or cyclic N) is 2. The van der Waals surface area contributed by atoms with Gasteiger partial charge in [-0.25, -0.2) is 0 Å². The Kier molecular flexibility index (Phi) is 24.7. The van der Waals surface area contributed by atoms with Crippen LogP contribution in [0.1, 0.15) is 62.5 Å². The van der Waals surface area contributed by atoms with E-state index in [2.05, 4.69) is 73.6 Å². The molecule has 2 aliphatic rings. The van der Waals surface area contributed by atoms with Gasteiger partial charge in [0.25, 0.3) is 0 Å². The smallest absolute Gasteiger partial charge is 0.550 e. The van der Waals surface area contributed by atoms with Crippen molar-refractivity contribution in [1.82, 2.24) is 25.1 Å². The van der Waals surface area contributed by atoms with Crippen LogP contribution in [0.25, 0.3) is 21.8 Å². The molecule has 368 valence electrons. The molecule has 2 aromatic heterocycles. The van der Waals surface area contributed by atoms with Crippen molar-refractivity contribution in [3.05, 3.63) is 145 Å². The number of fused-ring (bicyclic) bond motifs is 2. The number of aliphatic hydroxyl groups is 2. The monoisotopic (exact) mass is 947 g/mol. The van der Waals surface area contributed by atoms with E-state index in [4.69, 9.17) is 15.2 Å². The molecule has 2 aliphatic heterocycles. The molecule has 8 rings (SSSR count). The Morgan fingerprint density at radius 3 is 1.53 bits per heavy atom. The predicted molar refractivity (Wildman–Crippen MR) is 271 cm³/mol. The van der Waals surface area contributed by atoms with E-state index in [1.807, 2.05) is 72.8 Å². The molecule has 6 aromatic rings. The number of aromatic nitrogens is 2. The van der Waals surface area contributed by atoms with Crippen LogP contribution in [0.3, 0.4) is 0 Å². The van der Waals surface area contributed by atoms with Gasteiger partial charge in [-0.2, -0.15) is 0 Å². The maximum atomic E-state index is 12.5. The first-order chi connectivity index (χ1) is 33.7. The molecule has 70 heavy (non-hydrogen) atoms. The van der Waals surface area contributed by atoms with Crippen molar-refractivity contribution in [3.8, 4) is 11.5 Å². The molecule has 0 unspecified atom stereocenters. The number of ether oxygens (including phenoxy) is 2. The number of aliphatic carboxylic acids is 1. The number of aliphatic hydroxyl groups excluding tert-OH is 2. The van der Waals surface area contributed by atoms with E-state index in [0.717, 1.165) is 98.7 Å². The number of pyridine rings is 2. The zero-order valence-corrected chi connectivity index (χ0v) is 41.0. The molecule has 4 aromatic carbocycles. The number of hydrogen-bond acceptors (Lipinski definition) is 12. The molecule has 2 fully saturated rings. The molecule has 0 aliphatic carbocycles. The van der Waals surface area contributed by atoms with Crippen LogP contribution in [-0.2, 0) is 22.4 Å². The first-order valence-electron chi connectivity index (χ1n) is 24.8. The second kappa shape index (κ2) is 31.1. The molecular weight excluding hydrogens is 876 g/mol. The quantitative estimate of drug-likeness (QED) is 0.0611. The summed E-state index contributed by atoms with van der Waals surface area (Å²) in [6.45, 7) is 5.97. The summed E-state index contributed by atoms with van der Waals surface area (Å²) in [6, 6.07) is 40.1. The molecule has 0 bridgehead atoms. The van der Waals surface area contributed by atoms with Gasteiger partial charge in [0.05, 0.1) is 11.0 Å². The van der Waals surface area contributed by atoms with E-state index in [-0.39, 0.29) is 49.8 Å². The number of piperidine rings is 2. The van der Waals surface area contributed by atoms with Crippen LogP contribution in [0, 0.1) is 11.8 Å². The van der Waals surface area contributed by atoms with Gasteiger partial charge in [-0.15, -0.1) is 0 Å². The number of carbonyl (C=O) groups is 2. The van der Waals surface area contributed by atoms with E-state index in [1.54, 1.807) is 12.4 Å². The van der Waals surface area contributed by atoms with Crippen molar-refractivity contribution >= 4 is 33.7 Å². The molecule has 2 atom stereocenters. The summed E-state index contributed by atoms with van der Waals surface area (Å²) in [6.07, 6.45) is 11.7. The molecule has 0 radical (unpaired) electrons. The number of likely N-dealkylation sites (tertiary alicyclic amines) is 2. The van der Waals surface area contributed by atoms with Crippen molar-refractivity contribution in [2.75, 3.05) is 65.6 Å². The van der Waals surface area contributed by atoms with Crippen molar-refractivity contribution < 1.29 is 53.2 Å². The predicted octanol–water partition coefficient (Wildman–Crippen LogP) is 3.23. The Hall–Kier alpha value is -5.36. The Morgan fingerprint density at radius 2 is 1.07 bits per heavy atom. The van der Waals surface area contributed by atoms with Gasteiger partial charge in [0.1, 0.15) is 36.9 Å². The standard InChI is InChI=1S/C28H35N3O3.C18H22N2O4.C10H15N.Li/c32-24(21-34-27-13-6-12-26-25(27)11-7-17-29-26)20-31-18-14-23(15-19-31)28(33)30-16-5-4-10-22-8-2-1-3-9-22;21-14(11-20-9-6-13(7-10-20)18(22)23)12-24-17-5-1-4-16-15(17)3-2-8-19-16;11-9-5-4-8-10-6-2-1-3-7-10;/h1-3,6-9,11-13,17,23-24,32H,4-5,10,14-16,18-21H2,(H,30,33);1-5,8,13-14,21H,6-7,9-12H2,(H,22,23);1-3,6-7H,4-5,8-9,11H2;/q;;;+1/p-1/t24-;14-;;/m11../s1. The average Bonchev–Trinajstić information content (AvgIpc) is 3.38. The number of nitrogens with one attached hydrogen (secondary N) is 1. The number of carboxylic acid groups (broad SMARTS) is 1. The third kappa shape index (κ3) is 19.1. The Bertz CT molecular complexity index is 2390. The normalized spacial score (nSPS) is 15.3. The van der Waals surface area contributed by atoms with Gasteiger partial charge in [0, 0.05) is 60.6 Å². The van der Waals surface area contributed by atoms with Crippen molar-refractivity contribution in [3.63, 3.8) is 0 Å². The molecule has 1 amide bonds. The van der Waals surface area contributed by atoms with Gasteiger partial charge in [-0.05, 0) is 157 Å². The van der Waals surface area contributed by atoms with Crippen LogP contribution in [0.4, 0.5) is 0 Å². The Labute approximate surface area is 426 Å². The van der Waals surface area contributed by atoms with Gasteiger partial charge in [0.2, 0.25) is 5.91 Å². The number of nitrogens with zero attached hydrogens (tertiary/aromatic N) is 4. The van der Waals surface area contributed by atoms with Gasteiger partial charge in [-0.3, -0.25) is 14.8 Å². The van der Waals surface area contributed by atoms with E-state index in [0.29, 0.717) is 44.8 Å². The fourth-order valence-corrected chi connectivity index (χ4v) is 8.78. The fourth-order valence-electron chi connectivity index (χ4n) is 8.78. The zero-order valence-electron chi connectivity index (χ0n) is 41.0. The molecule has 4 heterocycles. The van der Waals surface area contributed by atoms with E-state index in [1.165, 1.54) is 17.5 Å². The molecule has 0 saturated carbocycles. The largest absolute Gasteiger partial charge is 1.00 e. The number of carboxylic acids is 1. The molecule has 14 heteroatoms. The summed E-state index contributed by atoms with van der Waals surface area (Å²) in [4.78, 5) is 36.3. The van der Waals surface area contributed by atoms with Crippen molar-refractivity contribution in [2.24, 2.45) is 17.6 Å². The number of rotatable bonds is 21. The molecule has 2 saturated heterocycles. The maximum absolute atomic E-state index is 12.5. The zero-order chi connectivity index (χ0) is 48.5. The van der Waals surface area contributed by atoms with Gasteiger partial charge < -0.3 is 50.4 Å². The minimum absolute atomic E-state index is 0. The third-order valence-corrected chi connectivity index (χ3v) is 12.7. The van der Waals surface area contributed by atoms with E-state index in [9.17, 15) is 24.9 Å². The number of amides is 1. The van der Waals surface area contributed by atoms with Crippen LogP contribution in [-0.4, -0.2) is 120 Å². The van der Waals surface area contributed by atoms with E-state index < -0.39 is 18.2 Å². The van der Waals surface area contributed by atoms with Gasteiger partial charge in [0.15, 0.2) is 0 Å². The first-order valence-corrected chi connectivity index (χ1v) is 24.8. The Balaban J connectivity index is 0.000000219. The Morgan fingerprint density at radius 1 is 0.614 bits per heavy atom. The van der Waals surface area contributed by atoms with Gasteiger partial charge >= 0.3 is 18.9 Å². The van der Waals surface area contributed by atoms with Crippen LogP contribution < -0.4 is 44.5 Å². The minimum atomic E-state index is -0.969. The number of hydrogen-bond donors (Lipinski definition) is 4. The summed E-state index contributed by atoms with van der Waals surface area (Å²) >= 11 is 0. The second-order valence-electron chi connectivity index (χ2n) is 18.0. The summed E-state index contributed by atoms with van der Waals surface area (Å²) in [5.74, 6) is 0.356. The summed E-state index contributed by atoms with van der Waals surface area (Å²) < 4.78 is 11.7. The summed E-state index contributed by atoms with van der Waals surface area (Å²) in [5.41, 5.74) is 9.90. The van der Waals surface area contributed by atoms with Crippen LogP contribution in [0.5, 0.6) is 11.5 Å². The van der Waals surface area contributed by atoms with Crippen molar-refractivity contribution in [1.29, 1.82) is 0 Å². The third-order valence-electron chi connectivity index (χ3n) is 12.7. The van der Waals surface area contributed by atoms with E-state index >= 15 is 0 Å². The summed E-state index contributed by atoms with van der Waals surface area (Å²) in [5, 5.41) is 36.5. The summed E-state index contributed by atoms with van der Waals surface area (Å²) in [7, 11) is 0. The van der Waals surface area contributed by atoms with Gasteiger partial charge in [-0.1, -0.05) is 72.8 Å². The first kappa shape index (κ1) is 55.6. The molecule has 0 spiro atoms. The minimum Gasteiger partial charge on any atom is -0.550 e. The number of nitrogens with two attached hydrogens (primary N) is 1. The average molecular weight is 947 g/mol. The second-order valence-corrected chi connectivity index (χ2v) is 18.0. The van der Waals surface area contributed by atoms with Crippen LogP contribution in [0.2, 0.25) is 0 Å². The SMILES string of the molecule is NCCCCc1ccccc1.O=C(NCCCCc1ccccc1)C1CCN(C[C@@H](O)COc2cccc3ncccc23)CC1.O=C([O-])C1CCN(C[C@@H](O)COc2cccc3ncccc23)CC1.[Li+]. The number of unbranched alkanes of at least 4 members (excludes halogenated alkanes) is 2. The number of aryl methyl sites for hydroxylation is 2. The number of benzene rings is 4. The fraction of sp³-hybridized carbons (Fsp3) is 0.429. The molecule has 13 nitrogen and oxygen atoms in total. The molecule has 5 N–H and O–H groups in total. The number of carbonyl (C=O) groups excluding carboxylic acids is 2. The van der Waals surface area contributed by atoms with Crippen molar-refractivity contribution in [2.45, 2.75) is 76.4 Å². The maximum Gasteiger partial charge on any atom is 1.00 e. The molecular formula is C56H71LiN6O7.